The second-order valence-electron chi connectivity index (χ2n) is 13.5. The van der Waals surface area contributed by atoms with Crippen LogP contribution in [0.3, 0.4) is 0 Å². The van der Waals surface area contributed by atoms with Gasteiger partial charge in [-0.25, -0.2) is 9.18 Å². The van der Waals surface area contributed by atoms with Gasteiger partial charge in [-0.1, -0.05) is 168 Å². The van der Waals surface area contributed by atoms with Gasteiger partial charge in [0, 0.05) is 6.54 Å². The summed E-state index contributed by atoms with van der Waals surface area (Å²) >= 11 is 0. The van der Waals surface area contributed by atoms with Crippen molar-refractivity contribution in [2.45, 2.75) is 213 Å². The molecule has 262 valence electrons. The number of hydrogen-bond donors (Lipinski definition) is 2. The normalized spacial score (nSPS) is 13.5. The number of alkyl carbamates (subject to hydrolysis) is 1. The van der Waals surface area contributed by atoms with Crippen molar-refractivity contribution in [1.29, 1.82) is 0 Å². The minimum absolute atomic E-state index is 0.153. The summed E-state index contributed by atoms with van der Waals surface area (Å²) in [7, 11) is 0. The number of hydrogen-bond acceptors (Lipinski definition) is 3. The largest absolute Gasteiger partial charge is 0.481 e. The number of aliphatic carboxylic acids is 1. The first-order chi connectivity index (χ1) is 21.4. The summed E-state index contributed by atoms with van der Waals surface area (Å²) in [5.41, 5.74) is -0.920. The molecule has 0 saturated carbocycles. The lowest BCUT2D eigenvalue weighted by Crippen LogP contribution is -2.33. The Balaban J connectivity index is 3.61. The van der Waals surface area contributed by atoms with E-state index >= 15 is 0 Å². The molecular formula is C38H74FNO4. The third-order valence-corrected chi connectivity index (χ3v) is 9.45. The fourth-order valence-electron chi connectivity index (χ4n) is 6.26. The summed E-state index contributed by atoms with van der Waals surface area (Å²) in [5.74, 6) is -0.832. The van der Waals surface area contributed by atoms with Crippen LogP contribution in [-0.4, -0.2) is 36.5 Å². The standard InChI is InChI=1S/C38H74FNO4/c1-4-7-9-11-12-13-14-15-16-17-18-22-25-29-33-44-37(43)40-32-28-24-21-19-20-23-27-31-38(6-3,36(41)42)34-35(39)30-26-10-8-5-2/h35H,4-34H2,1-3H3,(H,40,43)(H,41,42). The van der Waals surface area contributed by atoms with Gasteiger partial charge in [-0.15, -0.1) is 0 Å². The van der Waals surface area contributed by atoms with E-state index in [2.05, 4.69) is 19.2 Å². The Morgan fingerprint density at radius 3 is 1.55 bits per heavy atom. The third kappa shape index (κ3) is 25.9. The number of amides is 1. The number of carboxylic acid groups (broad SMARTS) is 1. The number of unbranched alkanes of at least 4 members (excludes halogenated alkanes) is 22. The van der Waals surface area contributed by atoms with Gasteiger partial charge in [-0.2, -0.15) is 0 Å². The molecule has 0 saturated heterocycles. The summed E-state index contributed by atoms with van der Waals surface area (Å²) in [5, 5.41) is 12.8. The van der Waals surface area contributed by atoms with Crippen LogP contribution in [0, 0.1) is 5.41 Å². The molecular weight excluding hydrogens is 553 g/mol. The molecule has 2 atom stereocenters. The quantitative estimate of drug-likeness (QED) is 0.0696. The predicted octanol–water partition coefficient (Wildman–Crippen LogP) is 12.5. The number of rotatable bonds is 34. The molecule has 0 aromatic rings. The average Bonchev–Trinajstić information content (AvgIpc) is 3.01. The molecule has 1 amide bonds. The zero-order chi connectivity index (χ0) is 32.6. The maximum absolute atomic E-state index is 14.6. The molecule has 0 fully saturated rings. The number of carbonyl (C=O) groups excluding carboxylic acids is 1. The van der Waals surface area contributed by atoms with Gasteiger partial charge in [-0.3, -0.25) is 4.79 Å². The molecule has 2 unspecified atom stereocenters. The molecule has 2 N–H and O–H groups in total. The van der Waals surface area contributed by atoms with Gasteiger partial charge in [-0.05, 0) is 38.5 Å². The van der Waals surface area contributed by atoms with Crippen LogP contribution in [0.4, 0.5) is 9.18 Å². The number of ether oxygens (including phenoxy) is 1. The van der Waals surface area contributed by atoms with Crippen molar-refractivity contribution in [3.8, 4) is 0 Å². The summed E-state index contributed by atoms with van der Waals surface area (Å²) < 4.78 is 19.9. The number of carbonyl (C=O) groups is 2. The Hall–Kier alpha value is -1.33. The topological polar surface area (TPSA) is 75.6 Å². The fourth-order valence-corrected chi connectivity index (χ4v) is 6.26. The van der Waals surface area contributed by atoms with Gasteiger partial charge in [0.1, 0.15) is 6.17 Å². The molecule has 0 aromatic heterocycles. The van der Waals surface area contributed by atoms with Crippen LogP contribution in [-0.2, 0) is 9.53 Å². The predicted molar refractivity (Wildman–Crippen MR) is 185 cm³/mol. The first-order valence-corrected chi connectivity index (χ1v) is 19.2. The maximum atomic E-state index is 14.6. The van der Waals surface area contributed by atoms with E-state index in [1.54, 1.807) is 0 Å². The van der Waals surface area contributed by atoms with Gasteiger partial charge < -0.3 is 15.2 Å². The summed E-state index contributed by atoms with van der Waals surface area (Å²) in [6.45, 7) is 7.46. The van der Waals surface area contributed by atoms with Gasteiger partial charge >= 0.3 is 12.1 Å². The number of halogens is 1. The van der Waals surface area contributed by atoms with Crippen molar-refractivity contribution < 1.29 is 23.8 Å². The van der Waals surface area contributed by atoms with Crippen molar-refractivity contribution in [3.05, 3.63) is 0 Å². The zero-order valence-electron chi connectivity index (χ0n) is 29.5. The Morgan fingerprint density at radius 1 is 0.636 bits per heavy atom. The van der Waals surface area contributed by atoms with E-state index < -0.39 is 17.6 Å². The molecule has 0 aliphatic heterocycles. The van der Waals surface area contributed by atoms with Crippen LogP contribution < -0.4 is 5.32 Å². The fraction of sp³-hybridized carbons (Fsp3) is 0.947. The molecule has 0 aliphatic rings. The molecule has 0 spiro atoms. The summed E-state index contributed by atoms with van der Waals surface area (Å²) in [4.78, 5) is 23.9. The van der Waals surface area contributed by atoms with Gasteiger partial charge in [0.2, 0.25) is 0 Å². The molecule has 0 rings (SSSR count). The Labute approximate surface area is 272 Å². The molecule has 0 bridgehead atoms. The first kappa shape index (κ1) is 42.7. The highest BCUT2D eigenvalue weighted by Gasteiger charge is 2.38. The van der Waals surface area contributed by atoms with Crippen LogP contribution >= 0.6 is 0 Å². The zero-order valence-corrected chi connectivity index (χ0v) is 29.5. The lowest BCUT2D eigenvalue weighted by molar-refractivity contribution is -0.151. The third-order valence-electron chi connectivity index (χ3n) is 9.45. The molecule has 44 heavy (non-hydrogen) atoms. The van der Waals surface area contributed by atoms with Gasteiger partial charge in [0.25, 0.3) is 0 Å². The lowest BCUT2D eigenvalue weighted by Gasteiger charge is -2.30. The monoisotopic (exact) mass is 628 g/mol. The average molecular weight is 628 g/mol. The molecule has 0 aromatic carbocycles. The molecule has 6 heteroatoms. The van der Waals surface area contributed by atoms with Gasteiger partial charge in [0.15, 0.2) is 0 Å². The minimum Gasteiger partial charge on any atom is -0.481 e. The summed E-state index contributed by atoms with van der Waals surface area (Å²) in [6.07, 6.45) is 30.1. The van der Waals surface area contributed by atoms with E-state index in [1.807, 2.05) is 6.92 Å². The highest BCUT2D eigenvalue weighted by molar-refractivity contribution is 5.74. The van der Waals surface area contributed by atoms with Crippen LogP contribution in [0.1, 0.15) is 207 Å². The molecule has 5 nitrogen and oxygen atoms in total. The van der Waals surface area contributed by atoms with Crippen LogP contribution in [0.2, 0.25) is 0 Å². The summed E-state index contributed by atoms with van der Waals surface area (Å²) in [6, 6.07) is 0. The van der Waals surface area contributed by atoms with E-state index in [4.69, 9.17) is 4.74 Å². The second kappa shape index (κ2) is 31.6. The van der Waals surface area contributed by atoms with E-state index in [0.29, 0.717) is 32.4 Å². The SMILES string of the molecule is CCCCCCCCCCCCCCCCOC(=O)NCCCCCCCCCC(CC)(CC(F)CCCCCC)C(=O)O. The smallest absolute Gasteiger partial charge is 0.407 e. The van der Waals surface area contributed by atoms with E-state index in [-0.39, 0.29) is 12.5 Å². The van der Waals surface area contributed by atoms with Crippen LogP contribution in [0.15, 0.2) is 0 Å². The number of nitrogens with one attached hydrogen (secondary N) is 1. The highest BCUT2D eigenvalue weighted by atomic mass is 19.1. The number of carboxylic acids is 1. The Bertz CT molecular complexity index is 646. The van der Waals surface area contributed by atoms with Crippen molar-refractivity contribution >= 4 is 12.1 Å². The number of alkyl halides is 1. The first-order valence-electron chi connectivity index (χ1n) is 19.2. The van der Waals surface area contributed by atoms with Crippen molar-refractivity contribution in [2.75, 3.05) is 13.2 Å². The van der Waals surface area contributed by atoms with Crippen LogP contribution in [0.5, 0.6) is 0 Å². The Kier molecular flexibility index (Phi) is 30.7. The van der Waals surface area contributed by atoms with Crippen molar-refractivity contribution in [3.63, 3.8) is 0 Å². The van der Waals surface area contributed by atoms with Crippen LogP contribution in [0.25, 0.3) is 0 Å². The second-order valence-corrected chi connectivity index (χ2v) is 13.5. The minimum atomic E-state index is -1.02. The van der Waals surface area contributed by atoms with E-state index in [1.165, 1.54) is 77.0 Å². The van der Waals surface area contributed by atoms with Crippen molar-refractivity contribution in [2.24, 2.45) is 5.41 Å². The van der Waals surface area contributed by atoms with Gasteiger partial charge in [0.05, 0.1) is 12.0 Å². The lowest BCUT2D eigenvalue weighted by atomic mass is 9.75. The molecule has 0 radical (unpaired) electrons. The molecule has 0 aliphatic carbocycles. The van der Waals surface area contributed by atoms with E-state index in [0.717, 1.165) is 83.5 Å². The van der Waals surface area contributed by atoms with E-state index in [9.17, 15) is 19.1 Å². The highest BCUT2D eigenvalue weighted by Crippen LogP contribution is 2.37. The van der Waals surface area contributed by atoms with Crippen molar-refractivity contribution in [1.82, 2.24) is 5.32 Å². The molecule has 0 heterocycles. The Morgan fingerprint density at radius 2 is 1.07 bits per heavy atom. The maximum Gasteiger partial charge on any atom is 0.407 e.